The first-order chi connectivity index (χ1) is 15.4. The molecule has 0 aliphatic carbocycles. The highest BCUT2D eigenvalue weighted by atomic mass is 16.5. The van der Waals surface area contributed by atoms with Gasteiger partial charge >= 0.3 is 0 Å². The molecule has 3 aromatic carbocycles. The molecule has 6 heteroatoms. The Hall–Kier alpha value is -3.93. The van der Waals surface area contributed by atoms with E-state index in [0.717, 1.165) is 27.8 Å². The molecule has 0 N–H and O–H groups in total. The van der Waals surface area contributed by atoms with Gasteiger partial charge in [0.2, 0.25) is 5.91 Å². The number of Topliss-reactive ketones (excluding diaryl/α,β-unsaturated/α-hetero) is 1. The van der Waals surface area contributed by atoms with E-state index in [1.165, 1.54) is 5.01 Å². The Morgan fingerprint density at radius 3 is 2.22 bits per heavy atom. The number of hydrogen-bond acceptors (Lipinski definition) is 5. The molecule has 4 rings (SSSR count). The Kier molecular flexibility index (Phi) is 5.77. The van der Waals surface area contributed by atoms with Gasteiger partial charge in [0, 0.05) is 23.7 Å². The highest BCUT2D eigenvalue weighted by Crippen LogP contribution is 2.34. The number of likely N-dealkylation sites (N-methyl/N-ethyl adjacent to an activating group) is 1. The average molecular weight is 428 g/mol. The van der Waals surface area contributed by atoms with Crippen molar-refractivity contribution in [3.05, 3.63) is 82.9 Å². The summed E-state index contributed by atoms with van der Waals surface area (Å²) in [6, 6.07) is 19.2. The molecule has 0 fully saturated rings. The lowest BCUT2D eigenvalue weighted by atomic mass is 9.93. The highest BCUT2D eigenvalue weighted by Gasteiger charge is 2.24. The molecule has 0 spiro atoms. The number of amides is 1. The summed E-state index contributed by atoms with van der Waals surface area (Å²) in [5.74, 6) is 1.08. The van der Waals surface area contributed by atoms with E-state index in [4.69, 9.17) is 9.47 Å². The van der Waals surface area contributed by atoms with Crippen molar-refractivity contribution in [3.63, 3.8) is 0 Å². The second kappa shape index (κ2) is 8.67. The summed E-state index contributed by atoms with van der Waals surface area (Å²) in [6.45, 7) is 1.56. The van der Waals surface area contributed by atoms with Crippen molar-refractivity contribution in [1.82, 2.24) is 5.01 Å². The topological polar surface area (TPSA) is 68.2 Å². The maximum atomic E-state index is 12.6. The number of hydrazone groups is 1. The number of benzene rings is 3. The number of hydrogen-bond donors (Lipinski definition) is 0. The fraction of sp³-hybridized carbons (Fsp3) is 0.192. The van der Waals surface area contributed by atoms with Crippen LogP contribution in [0.3, 0.4) is 0 Å². The number of nitrogens with zero attached hydrogens (tertiary/aromatic N) is 2. The fourth-order valence-electron chi connectivity index (χ4n) is 3.78. The van der Waals surface area contributed by atoms with Crippen LogP contribution in [0.2, 0.25) is 0 Å². The van der Waals surface area contributed by atoms with Crippen LogP contribution in [0.5, 0.6) is 11.5 Å². The smallest absolute Gasteiger partial charge is 0.246 e. The van der Waals surface area contributed by atoms with Crippen molar-refractivity contribution in [2.45, 2.75) is 13.3 Å². The van der Waals surface area contributed by atoms with Gasteiger partial charge < -0.3 is 9.47 Å². The maximum absolute atomic E-state index is 12.6. The summed E-state index contributed by atoms with van der Waals surface area (Å²) < 4.78 is 10.9. The van der Waals surface area contributed by atoms with Crippen LogP contribution < -0.4 is 9.47 Å². The van der Waals surface area contributed by atoms with Gasteiger partial charge in [0.15, 0.2) is 17.3 Å². The van der Waals surface area contributed by atoms with E-state index in [9.17, 15) is 9.59 Å². The van der Waals surface area contributed by atoms with E-state index < -0.39 is 0 Å². The van der Waals surface area contributed by atoms with Crippen LogP contribution in [-0.2, 0) is 11.2 Å². The van der Waals surface area contributed by atoms with E-state index in [-0.39, 0.29) is 18.1 Å². The Morgan fingerprint density at radius 2 is 1.56 bits per heavy atom. The zero-order chi connectivity index (χ0) is 22.8. The van der Waals surface area contributed by atoms with Gasteiger partial charge in [-0.15, -0.1) is 0 Å². The minimum absolute atomic E-state index is 0.0324. The van der Waals surface area contributed by atoms with E-state index in [1.807, 2.05) is 60.7 Å². The zero-order valence-electron chi connectivity index (χ0n) is 18.5. The molecular formula is C26H24N2O4. The van der Waals surface area contributed by atoms with E-state index >= 15 is 0 Å². The predicted octanol–water partition coefficient (Wildman–Crippen LogP) is 4.34. The van der Waals surface area contributed by atoms with E-state index in [2.05, 4.69) is 5.10 Å². The van der Waals surface area contributed by atoms with Gasteiger partial charge in [-0.2, -0.15) is 5.10 Å². The first-order valence-electron chi connectivity index (χ1n) is 10.2. The maximum Gasteiger partial charge on any atom is 0.246 e. The summed E-state index contributed by atoms with van der Waals surface area (Å²) in [4.78, 5) is 24.3. The first kappa shape index (κ1) is 21.3. The first-order valence-corrected chi connectivity index (χ1v) is 10.2. The van der Waals surface area contributed by atoms with Crippen LogP contribution in [0.25, 0.3) is 11.1 Å². The molecule has 1 aliphatic heterocycles. The molecule has 0 atom stereocenters. The number of ether oxygens (including phenoxy) is 2. The SMILES string of the molecule is COc1cc2c(cc1OC)C(c1ccc(-c3cccc(C(C)=O)c3)cc1)=NN(C)C(=O)C2. The average Bonchev–Trinajstić information content (AvgIpc) is 2.93. The lowest BCUT2D eigenvalue weighted by Gasteiger charge is -2.14. The molecule has 1 aliphatic rings. The number of carbonyl (C=O) groups is 2. The van der Waals surface area contributed by atoms with Crippen LogP contribution in [0.15, 0.2) is 65.8 Å². The molecule has 1 heterocycles. The molecule has 0 bridgehead atoms. The quantitative estimate of drug-likeness (QED) is 0.567. The van der Waals surface area contributed by atoms with Crippen molar-refractivity contribution in [1.29, 1.82) is 0 Å². The predicted molar refractivity (Wildman–Crippen MR) is 124 cm³/mol. The molecule has 0 radical (unpaired) electrons. The van der Waals surface area contributed by atoms with Gasteiger partial charge in [0.25, 0.3) is 0 Å². The summed E-state index contributed by atoms with van der Waals surface area (Å²) in [5.41, 5.74) is 5.83. The molecule has 0 unspecified atom stereocenters. The summed E-state index contributed by atoms with van der Waals surface area (Å²) in [7, 11) is 4.81. The lowest BCUT2D eigenvalue weighted by molar-refractivity contribution is -0.129. The van der Waals surface area contributed by atoms with E-state index in [1.54, 1.807) is 28.2 Å². The summed E-state index contributed by atoms with van der Waals surface area (Å²) in [6.07, 6.45) is 0.217. The molecule has 0 aromatic heterocycles. The fourth-order valence-corrected chi connectivity index (χ4v) is 3.78. The van der Waals surface area contributed by atoms with Gasteiger partial charge in [0.05, 0.1) is 26.4 Å². The molecule has 1 amide bonds. The third-order valence-electron chi connectivity index (χ3n) is 5.58. The van der Waals surface area contributed by atoms with Gasteiger partial charge in [0.1, 0.15) is 0 Å². The number of ketones is 1. The number of fused-ring (bicyclic) bond motifs is 1. The Morgan fingerprint density at radius 1 is 0.906 bits per heavy atom. The van der Waals surface area contributed by atoms with Gasteiger partial charge in [-0.25, -0.2) is 5.01 Å². The molecule has 162 valence electrons. The van der Waals surface area contributed by atoms with E-state index in [0.29, 0.717) is 22.8 Å². The second-order valence-electron chi connectivity index (χ2n) is 7.62. The minimum atomic E-state index is -0.105. The standard InChI is InChI=1S/C26H24N2O4/c1-16(29)19-6-5-7-20(12-19)17-8-10-18(11-9-17)26-22-15-24(32-4)23(31-3)13-21(22)14-25(30)28(2)27-26/h5-13,15H,14H2,1-4H3. The molecule has 0 saturated carbocycles. The lowest BCUT2D eigenvalue weighted by Crippen LogP contribution is -2.22. The highest BCUT2D eigenvalue weighted by molar-refractivity contribution is 6.15. The normalized spacial score (nSPS) is 13.2. The van der Waals surface area contributed by atoms with Crippen molar-refractivity contribution in [3.8, 4) is 22.6 Å². The largest absolute Gasteiger partial charge is 0.493 e. The third kappa shape index (κ3) is 3.99. The van der Waals surface area contributed by atoms with Crippen LogP contribution in [0.4, 0.5) is 0 Å². The van der Waals surface area contributed by atoms with Crippen molar-refractivity contribution < 1.29 is 19.1 Å². The van der Waals surface area contributed by atoms with Crippen LogP contribution >= 0.6 is 0 Å². The van der Waals surface area contributed by atoms with Gasteiger partial charge in [-0.05, 0) is 41.8 Å². The monoisotopic (exact) mass is 428 g/mol. The van der Waals surface area contributed by atoms with Crippen LogP contribution in [0, 0.1) is 0 Å². The van der Waals surface area contributed by atoms with Crippen molar-refractivity contribution in [2.75, 3.05) is 21.3 Å². The van der Waals surface area contributed by atoms with Crippen LogP contribution in [0.1, 0.15) is 34.0 Å². The minimum Gasteiger partial charge on any atom is -0.493 e. The summed E-state index contributed by atoms with van der Waals surface area (Å²) in [5, 5.41) is 5.97. The molecular weight excluding hydrogens is 404 g/mol. The molecule has 6 nitrogen and oxygen atoms in total. The zero-order valence-corrected chi connectivity index (χ0v) is 18.5. The number of carbonyl (C=O) groups excluding carboxylic acids is 2. The number of methoxy groups -OCH3 is 2. The number of rotatable bonds is 5. The van der Waals surface area contributed by atoms with Crippen molar-refractivity contribution >= 4 is 17.4 Å². The third-order valence-corrected chi connectivity index (χ3v) is 5.58. The molecule has 32 heavy (non-hydrogen) atoms. The Bertz CT molecular complexity index is 1230. The summed E-state index contributed by atoms with van der Waals surface area (Å²) >= 11 is 0. The van der Waals surface area contributed by atoms with Gasteiger partial charge in [-0.1, -0.05) is 42.5 Å². The van der Waals surface area contributed by atoms with Crippen LogP contribution in [-0.4, -0.2) is 43.7 Å². The Labute approximate surface area is 187 Å². The second-order valence-corrected chi connectivity index (χ2v) is 7.62. The van der Waals surface area contributed by atoms with Crippen molar-refractivity contribution in [2.24, 2.45) is 5.10 Å². The van der Waals surface area contributed by atoms with Gasteiger partial charge in [-0.3, -0.25) is 9.59 Å². The Balaban J connectivity index is 1.79. The molecule has 0 saturated heterocycles. The molecule has 3 aromatic rings.